The van der Waals surface area contributed by atoms with E-state index in [-0.39, 0.29) is 19.5 Å². The fraction of sp³-hybridized carbons (Fsp3) is 0.800. The predicted molar refractivity (Wildman–Crippen MR) is 78.2 cm³/mol. The third kappa shape index (κ3) is 2.32. The Morgan fingerprint density at radius 2 is 2.05 bits per heavy atom. The van der Waals surface area contributed by atoms with Crippen molar-refractivity contribution in [3.63, 3.8) is 0 Å². The third-order valence-electron chi connectivity index (χ3n) is 4.78. The van der Waals surface area contributed by atoms with Crippen LogP contribution in [0.5, 0.6) is 0 Å². The molecule has 7 heteroatoms. The number of carbonyl (C=O) groups is 3. The second-order valence-corrected chi connectivity index (χ2v) is 7.18. The Balaban J connectivity index is 2.25. The second-order valence-electron chi connectivity index (χ2n) is 7.18. The summed E-state index contributed by atoms with van der Waals surface area (Å²) < 4.78 is 5.35. The molecule has 0 saturated carbocycles. The van der Waals surface area contributed by atoms with Crippen molar-refractivity contribution in [2.24, 2.45) is 10.8 Å². The van der Waals surface area contributed by atoms with Gasteiger partial charge < -0.3 is 20.1 Å². The maximum atomic E-state index is 12.2. The Kier molecular flexibility index (Phi) is 3.87. The molecule has 2 atom stereocenters. The normalized spacial score (nSPS) is 31.5. The van der Waals surface area contributed by atoms with Crippen LogP contribution in [0.3, 0.4) is 0 Å². The summed E-state index contributed by atoms with van der Waals surface area (Å²) in [4.78, 5) is 37.8. The quantitative estimate of drug-likeness (QED) is 0.748. The van der Waals surface area contributed by atoms with Crippen molar-refractivity contribution >= 4 is 18.0 Å². The largest absolute Gasteiger partial charge is 0.480 e. The van der Waals surface area contributed by atoms with Crippen LogP contribution in [-0.2, 0) is 14.3 Å². The average molecular weight is 312 g/mol. The minimum atomic E-state index is -1.47. The van der Waals surface area contributed by atoms with Gasteiger partial charge in [0.1, 0.15) is 5.60 Å². The van der Waals surface area contributed by atoms with Crippen molar-refractivity contribution in [2.75, 3.05) is 19.6 Å². The van der Waals surface area contributed by atoms with Gasteiger partial charge in [-0.2, -0.15) is 0 Å². The molecule has 0 bridgehead atoms. The van der Waals surface area contributed by atoms with Gasteiger partial charge in [-0.15, -0.1) is 0 Å². The van der Waals surface area contributed by atoms with Gasteiger partial charge in [-0.1, -0.05) is 6.92 Å². The molecule has 2 unspecified atom stereocenters. The molecule has 22 heavy (non-hydrogen) atoms. The molecular weight excluding hydrogens is 288 g/mol. The van der Waals surface area contributed by atoms with Crippen LogP contribution in [0.2, 0.25) is 0 Å². The number of hydrogen-bond acceptors (Lipinski definition) is 4. The molecule has 124 valence electrons. The molecule has 0 aromatic carbocycles. The topological polar surface area (TPSA) is 95.9 Å². The van der Waals surface area contributed by atoms with Gasteiger partial charge in [0, 0.05) is 25.0 Å². The van der Waals surface area contributed by atoms with E-state index in [2.05, 4.69) is 5.32 Å². The summed E-state index contributed by atoms with van der Waals surface area (Å²) in [5, 5.41) is 12.4. The van der Waals surface area contributed by atoms with Crippen molar-refractivity contribution < 1.29 is 24.2 Å². The third-order valence-corrected chi connectivity index (χ3v) is 4.78. The first kappa shape index (κ1) is 16.6. The van der Waals surface area contributed by atoms with E-state index in [1.807, 2.05) is 0 Å². The molecule has 0 aliphatic carbocycles. The van der Waals surface area contributed by atoms with Crippen molar-refractivity contribution in [2.45, 2.75) is 46.1 Å². The molecule has 2 N–H and O–H groups in total. The Morgan fingerprint density at radius 3 is 2.55 bits per heavy atom. The van der Waals surface area contributed by atoms with Gasteiger partial charge in [0.2, 0.25) is 5.91 Å². The van der Waals surface area contributed by atoms with E-state index in [4.69, 9.17) is 4.74 Å². The van der Waals surface area contributed by atoms with E-state index < -0.39 is 34.4 Å². The minimum Gasteiger partial charge on any atom is -0.480 e. The highest BCUT2D eigenvalue weighted by Gasteiger charge is 2.67. The van der Waals surface area contributed by atoms with Gasteiger partial charge in [-0.05, 0) is 33.6 Å². The molecule has 2 aliphatic heterocycles. The summed E-state index contributed by atoms with van der Waals surface area (Å²) in [6, 6.07) is 0. The number of hydrogen-bond donors (Lipinski definition) is 2. The monoisotopic (exact) mass is 312 g/mol. The zero-order valence-corrected chi connectivity index (χ0v) is 13.6. The molecule has 2 amide bonds. The predicted octanol–water partition coefficient (Wildman–Crippen LogP) is 1.22. The molecule has 0 aromatic rings. The Bertz CT molecular complexity index is 513. The van der Waals surface area contributed by atoms with Crippen LogP contribution in [0.15, 0.2) is 0 Å². The van der Waals surface area contributed by atoms with Crippen LogP contribution in [0, 0.1) is 10.8 Å². The molecule has 2 saturated heterocycles. The summed E-state index contributed by atoms with van der Waals surface area (Å²) in [6.45, 7) is 7.96. The van der Waals surface area contributed by atoms with Crippen LogP contribution in [-0.4, -0.2) is 53.2 Å². The standard InChI is InChI=1S/C15H24N2O5/c1-5-15(11(19)20)10(18)16-8-14(15)6-7-17(9-14)12(21)22-13(2,3)4/h5-9H2,1-4H3,(H,16,18)(H,19,20). The number of aliphatic carboxylic acids is 1. The highest BCUT2D eigenvalue weighted by Crippen LogP contribution is 2.52. The minimum absolute atomic E-state index is 0.205. The molecule has 0 aromatic heterocycles. The van der Waals surface area contributed by atoms with Crippen molar-refractivity contribution in [3.05, 3.63) is 0 Å². The van der Waals surface area contributed by atoms with Crippen molar-refractivity contribution in [1.29, 1.82) is 0 Å². The van der Waals surface area contributed by atoms with Crippen molar-refractivity contribution in [1.82, 2.24) is 10.2 Å². The van der Waals surface area contributed by atoms with E-state index >= 15 is 0 Å². The number of carboxylic acid groups (broad SMARTS) is 1. The summed E-state index contributed by atoms with van der Waals surface area (Å²) >= 11 is 0. The number of nitrogens with one attached hydrogen (secondary N) is 1. The fourth-order valence-electron chi connectivity index (χ4n) is 3.65. The first-order valence-corrected chi connectivity index (χ1v) is 7.58. The van der Waals surface area contributed by atoms with Crippen LogP contribution in [0.4, 0.5) is 4.79 Å². The number of amides is 2. The van der Waals surface area contributed by atoms with Crippen LogP contribution < -0.4 is 5.32 Å². The molecule has 2 heterocycles. The van der Waals surface area contributed by atoms with Gasteiger partial charge in [0.25, 0.3) is 0 Å². The van der Waals surface area contributed by atoms with E-state index in [1.54, 1.807) is 27.7 Å². The van der Waals surface area contributed by atoms with Gasteiger partial charge in [0.05, 0.1) is 0 Å². The van der Waals surface area contributed by atoms with Gasteiger partial charge >= 0.3 is 12.1 Å². The summed E-state index contributed by atoms with van der Waals surface area (Å²) in [7, 11) is 0. The van der Waals surface area contributed by atoms with Gasteiger partial charge in [-0.25, -0.2) is 4.79 Å². The molecule has 2 aliphatic rings. The zero-order valence-electron chi connectivity index (χ0n) is 13.6. The molecule has 2 fully saturated rings. The number of likely N-dealkylation sites (tertiary alicyclic amines) is 1. The lowest BCUT2D eigenvalue weighted by molar-refractivity contribution is -0.160. The average Bonchev–Trinajstić information content (AvgIpc) is 2.92. The summed E-state index contributed by atoms with van der Waals surface area (Å²) in [6.07, 6.45) is 0.223. The summed E-state index contributed by atoms with van der Waals surface area (Å²) in [5.41, 5.74) is -2.84. The SMILES string of the molecule is CCC1(C(=O)O)C(=O)NCC12CCN(C(=O)OC(C)(C)C)C2. The number of nitrogens with zero attached hydrogens (tertiary/aromatic N) is 1. The second kappa shape index (κ2) is 5.14. The van der Waals surface area contributed by atoms with Crippen molar-refractivity contribution in [3.8, 4) is 0 Å². The molecule has 0 radical (unpaired) electrons. The number of ether oxygens (including phenoxy) is 1. The number of carboxylic acids is 1. The van der Waals surface area contributed by atoms with Gasteiger partial charge in [0.15, 0.2) is 5.41 Å². The lowest BCUT2D eigenvalue weighted by Crippen LogP contribution is -2.51. The Labute approximate surface area is 130 Å². The van der Waals surface area contributed by atoms with Gasteiger partial charge in [-0.3, -0.25) is 9.59 Å². The summed E-state index contributed by atoms with van der Waals surface area (Å²) in [5.74, 6) is -1.57. The highest BCUT2D eigenvalue weighted by molar-refractivity contribution is 6.05. The first-order chi connectivity index (χ1) is 10.1. The van der Waals surface area contributed by atoms with E-state index in [0.717, 1.165) is 0 Å². The van der Waals surface area contributed by atoms with E-state index in [1.165, 1.54) is 4.90 Å². The maximum Gasteiger partial charge on any atom is 0.410 e. The first-order valence-electron chi connectivity index (χ1n) is 7.58. The molecule has 7 nitrogen and oxygen atoms in total. The number of carbonyl (C=O) groups excluding carboxylic acids is 2. The van der Waals surface area contributed by atoms with E-state index in [9.17, 15) is 19.5 Å². The number of rotatable bonds is 2. The van der Waals surface area contributed by atoms with Crippen LogP contribution in [0.1, 0.15) is 40.5 Å². The molecule has 1 spiro atoms. The van der Waals surface area contributed by atoms with E-state index in [0.29, 0.717) is 13.0 Å². The smallest absolute Gasteiger partial charge is 0.410 e. The molecule has 2 rings (SSSR count). The van der Waals surface area contributed by atoms with Crippen LogP contribution in [0.25, 0.3) is 0 Å². The Morgan fingerprint density at radius 1 is 1.41 bits per heavy atom. The highest BCUT2D eigenvalue weighted by atomic mass is 16.6. The lowest BCUT2D eigenvalue weighted by atomic mass is 9.63. The molecular formula is C15H24N2O5. The lowest BCUT2D eigenvalue weighted by Gasteiger charge is -2.36. The fourth-order valence-corrected chi connectivity index (χ4v) is 3.65. The zero-order chi connectivity index (χ0) is 16.8. The maximum absolute atomic E-state index is 12.2. The van der Waals surface area contributed by atoms with Crippen LogP contribution >= 0.6 is 0 Å². The Hall–Kier alpha value is -1.79.